The van der Waals surface area contributed by atoms with Crippen molar-refractivity contribution in [1.29, 1.82) is 0 Å². The molecule has 162 valence electrons. The van der Waals surface area contributed by atoms with Crippen molar-refractivity contribution in [3.8, 4) is 0 Å². The second-order valence-electron chi connectivity index (χ2n) is 10.1. The van der Waals surface area contributed by atoms with Crippen molar-refractivity contribution in [3.05, 3.63) is 59.9 Å². The minimum atomic E-state index is 0.0398. The highest BCUT2D eigenvalue weighted by molar-refractivity contribution is 5.84. The van der Waals surface area contributed by atoms with Crippen LogP contribution in [0.15, 0.2) is 43.0 Å². The molecule has 0 aromatic heterocycles. The Hall–Kier alpha value is -1.63. The smallest absolute Gasteiger partial charge is 0.134 e. The minimum absolute atomic E-state index is 0.0398. The van der Waals surface area contributed by atoms with Crippen molar-refractivity contribution >= 4 is 10.8 Å². The second kappa shape index (κ2) is 10.1. The minimum Gasteiger partial charge on any atom is -0.206 e. The van der Waals surface area contributed by atoms with E-state index in [4.69, 9.17) is 0 Å². The highest BCUT2D eigenvalue weighted by Gasteiger charge is 2.26. The zero-order valence-corrected chi connectivity index (χ0v) is 18.8. The summed E-state index contributed by atoms with van der Waals surface area (Å²) in [7, 11) is 0. The van der Waals surface area contributed by atoms with Gasteiger partial charge in [-0.2, -0.15) is 0 Å². The molecule has 0 radical (unpaired) electrons. The largest absolute Gasteiger partial charge is 0.206 e. The van der Waals surface area contributed by atoms with Crippen molar-refractivity contribution in [2.45, 2.75) is 89.9 Å². The molecular weight excluding hydrogens is 367 g/mol. The quantitative estimate of drug-likeness (QED) is 0.402. The molecule has 0 amide bonds. The lowest BCUT2D eigenvalue weighted by atomic mass is 9.74. The molecule has 2 saturated carbocycles. The normalized spacial score (nSPS) is 27.3. The van der Waals surface area contributed by atoms with Gasteiger partial charge in [0.1, 0.15) is 5.82 Å². The molecule has 0 atom stereocenters. The summed E-state index contributed by atoms with van der Waals surface area (Å²) >= 11 is 0. The molecule has 0 saturated heterocycles. The number of hydrogen-bond acceptors (Lipinski definition) is 0. The fourth-order valence-electron chi connectivity index (χ4n) is 6.06. The predicted molar refractivity (Wildman–Crippen MR) is 127 cm³/mol. The zero-order valence-electron chi connectivity index (χ0n) is 18.8. The summed E-state index contributed by atoms with van der Waals surface area (Å²) in [4.78, 5) is 0. The first-order valence-corrected chi connectivity index (χ1v) is 12.5. The molecule has 30 heavy (non-hydrogen) atoms. The Morgan fingerprint density at radius 2 is 1.57 bits per heavy atom. The summed E-state index contributed by atoms with van der Waals surface area (Å²) in [6.45, 7) is 6.16. The maximum atomic E-state index is 15.3. The van der Waals surface area contributed by atoms with Crippen LogP contribution in [0, 0.1) is 23.6 Å². The second-order valence-corrected chi connectivity index (χ2v) is 10.1. The van der Waals surface area contributed by atoms with Gasteiger partial charge in [-0.3, -0.25) is 0 Å². The van der Waals surface area contributed by atoms with Crippen molar-refractivity contribution < 1.29 is 4.39 Å². The monoisotopic (exact) mass is 406 g/mol. The van der Waals surface area contributed by atoms with Crippen molar-refractivity contribution in [3.63, 3.8) is 0 Å². The van der Waals surface area contributed by atoms with Crippen LogP contribution < -0.4 is 0 Å². The molecule has 0 N–H and O–H groups in total. The number of halogens is 1. The highest BCUT2D eigenvalue weighted by atomic mass is 19.1. The first-order valence-electron chi connectivity index (χ1n) is 12.5. The summed E-state index contributed by atoms with van der Waals surface area (Å²) in [6.07, 6.45) is 17.5. The summed E-state index contributed by atoms with van der Waals surface area (Å²) in [6, 6.07) is 10.5. The molecule has 2 aliphatic rings. The van der Waals surface area contributed by atoms with Gasteiger partial charge in [0.2, 0.25) is 0 Å². The number of hydrogen-bond donors (Lipinski definition) is 0. The van der Waals surface area contributed by atoms with Gasteiger partial charge in [0.05, 0.1) is 0 Å². The van der Waals surface area contributed by atoms with Crippen molar-refractivity contribution in [2.24, 2.45) is 17.8 Å². The molecule has 0 heterocycles. The van der Waals surface area contributed by atoms with E-state index in [2.05, 4.69) is 43.8 Å². The molecule has 0 bridgehead atoms. The van der Waals surface area contributed by atoms with Gasteiger partial charge in [0.15, 0.2) is 0 Å². The molecule has 0 unspecified atom stereocenters. The van der Waals surface area contributed by atoms with Gasteiger partial charge in [-0.25, -0.2) is 4.39 Å². The molecular formula is C29H39F. The van der Waals surface area contributed by atoms with Gasteiger partial charge in [0.25, 0.3) is 0 Å². The van der Waals surface area contributed by atoms with E-state index in [1.165, 1.54) is 56.9 Å². The van der Waals surface area contributed by atoms with E-state index in [9.17, 15) is 0 Å². The average Bonchev–Trinajstić information content (AvgIpc) is 2.79. The third kappa shape index (κ3) is 4.98. The number of benzene rings is 2. The lowest BCUT2D eigenvalue weighted by Crippen LogP contribution is -2.17. The standard InChI is InChI=1S/C29H39F/c1-3-5-24-14-18-28-26(20-24)17-19-27(29(28)30)25-15-12-23(13-16-25)11-10-22-8-6-21(4-2)7-9-22/h4,14,17-23,25H,2-3,5-13,15-16H2,1H3. The molecule has 2 aliphatic carbocycles. The molecule has 4 rings (SSSR count). The maximum Gasteiger partial charge on any atom is 0.134 e. The Morgan fingerprint density at radius 3 is 2.20 bits per heavy atom. The van der Waals surface area contributed by atoms with E-state index in [1.54, 1.807) is 0 Å². The Bertz CT molecular complexity index is 835. The van der Waals surface area contributed by atoms with Crippen LogP contribution >= 0.6 is 0 Å². The lowest BCUT2D eigenvalue weighted by Gasteiger charge is -2.31. The van der Waals surface area contributed by atoms with Gasteiger partial charge in [-0.05, 0) is 98.0 Å². The SMILES string of the molecule is C=CC1CCC(CCC2CCC(c3ccc4cc(CCC)ccc4c3F)CC2)CC1. The highest BCUT2D eigenvalue weighted by Crippen LogP contribution is 2.41. The van der Waals surface area contributed by atoms with E-state index < -0.39 is 0 Å². The van der Waals surface area contributed by atoms with Gasteiger partial charge in [-0.15, -0.1) is 6.58 Å². The summed E-state index contributed by atoms with van der Waals surface area (Å²) in [5.41, 5.74) is 2.28. The predicted octanol–water partition coefficient (Wildman–Crippen LogP) is 8.98. The lowest BCUT2D eigenvalue weighted by molar-refractivity contribution is 0.245. The van der Waals surface area contributed by atoms with E-state index >= 15 is 4.39 Å². The van der Waals surface area contributed by atoms with Crippen molar-refractivity contribution in [2.75, 3.05) is 0 Å². The topological polar surface area (TPSA) is 0 Å². The fourth-order valence-corrected chi connectivity index (χ4v) is 6.06. The van der Waals surface area contributed by atoms with Crippen LogP contribution in [-0.2, 0) is 6.42 Å². The Kier molecular flexibility index (Phi) is 7.28. The van der Waals surface area contributed by atoms with Crippen LogP contribution in [0.3, 0.4) is 0 Å². The fraction of sp³-hybridized carbons (Fsp3) is 0.586. The zero-order chi connectivity index (χ0) is 20.9. The van der Waals surface area contributed by atoms with Gasteiger partial charge < -0.3 is 0 Å². The number of rotatable bonds is 7. The van der Waals surface area contributed by atoms with Crippen LogP contribution in [0.1, 0.15) is 94.6 Å². The summed E-state index contributed by atoms with van der Waals surface area (Å²) < 4.78 is 15.3. The third-order valence-electron chi connectivity index (χ3n) is 8.08. The van der Waals surface area contributed by atoms with Gasteiger partial charge >= 0.3 is 0 Å². The number of fused-ring (bicyclic) bond motifs is 1. The van der Waals surface area contributed by atoms with E-state index in [1.807, 2.05) is 6.07 Å². The summed E-state index contributed by atoms with van der Waals surface area (Å²) in [5.74, 6) is 3.02. The number of aryl methyl sites for hydroxylation is 1. The first kappa shape index (κ1) is 21.6. The molecule has 1 heteroatoms. The van der Waals surface area contributed by atoms with Crippen LogP contribution in [0.25, 0.3) is 10.8 Å². The van der Waals surface area contributed by atoms with Crippen LogP contribution in [0.4, 0.5) is 4.39 Å². The molecule has 0 nitrogen and oxygen atoms in total. The van der Waals surface area contributed by atoms with Crippen LogP contribution in [0.5, 0.6) is 0 Å². The Balaban J connectivity index is 1.31. The number of allylic oxidation sites excluding steroid dienone is 1. The molecule has 2 fully saturated rings. The van der Waals surface area contributed by atoms with E-state index in [0.717, 1.165) is 59.8 Å². The Labute approximate surface area is 183 Å². The van der Waals surface area contributed by atoms with E-state index in [0.29, 0.717) is 5.92 Å². The molecule has 0 spiro atoms. The molecule has 2 aromatic rings. The van der Waals surface area contributed by atoms with Crippen LogP contribution in [0.2, 0.25) is 0 Å². The van der Waals surface area contributed by atoms with E-state index in [-0.39, 0.29) is 5.82 Å². The van der Waals surface area contributed by atoms with Gasteiger partial charge in [0, 0.05) is 5.39 Å². The summed E-state index contributed by atoms with van der Waals surface area (Å²) in [5, 5.41) is 1.87. The van der Waals surface area contributed by atoms with Crippen LogP contribution in [-0.4, -0.2) is 0 Å². The maximum absolute atomic E-state index is 15.3. The molecule has 0 aliphatic heterocycles. The van der Waals surface area contributed by atoms with Crippen molar-refractivity contribution in [1.82, 2.24) is 0 Å². The average molecular weight is 407 g/mol. The third-order valence-corrected chi connectivity index (χ3v) is 8.08. The molecule has 2 aromatic carbocycles. The Morgan fingerprint density at radius 1 is 0.900 bits per heavy atom. The van der Waals surface area contributed by atoms with Gasteiger partial charge in [-0.1, -0.05) is 62.6 Å². The first-order chi connectivity index (χ1) is 14.7.